The standard InChI is InChI=1S/C14H23NO2S/c1-10(5-6-15)7-11-8-13(17-3)14(18-4)9-12(11)16-2/h8-10H,5-7,15H2,1-4H3. The molecule has 102 valence electrons. The van der Waals surface area contributed by atoms with Gasteiger partial charge in [0.25, 0.3) is 0 Å². The molecule has 0 radical (unpaired) electrons. The maximum atomic E-state index is 5.60. The Morgan fingerprint density at radius 1 is 1.22 bits per heavy atom. The molecule has 0 heterocycles. The summed E-state index contributed by atoms with van der Waals surface area (Å²) in [5.41, 5.74) is 6.78. The summed E-state index contributed by atoms with van der Waals surface area (Å²) in [7, 11) is 3.41. The quantitative estimate of drug-likeness (QED) is 0.773. The summed E-state index contributed by atoms with van der Waals surface area (Å²) in [6, 6.07) is 4.13. The third-order valence-corrected chi connectivity index (χ3v) is 3.77. The highest BCUT2D eigenvalue weighted by Crippen LogP contribution is 2.35. The van der Waals surface area contributed by atoms with E-state index in [0.29, 0.717) is 5.92 Å². The Hall–Kier alpha value is -0.870. The summed E-state index contributed by atoms with van der Waals surface area (Å²) in [4.78, 5) is 1.10. The van der Waals surface area contributed by atoms with Crippen molar-refractivity contribution in [2.24, 2.45) is 11.7 Å². The van der Waals surface area contributed by atoms with E-state index in [1.54, 1.807) is 26.0 Å². The lowest BCUT2D eigenvalue weighted by Crippen LogP contribution is -2.09. The van der Waals surface area contributed by atoms with Crippen molar-refractivity contribution in [2.75, 3.05) is 27.0 Å². The monoisotopic (exact) mass is 269 g/mol. The van der Waals surface area contributed by atoms with Crippen LogP contribution in [0.4, 0.5) is 0 Å². The Morgan fingerprint density at radius 2 is 1.89 bits per heavy atom. The zero-order valence-corrected chi connectivity index (χ0v) is 12.5. The fourth-order valence-electron chi connectivity index (χ4n) is 2.01. The van der Waals surface area contributed by atoms with Crippen LogP contribution in [0, 0.1) is 5.92 Å². The third-order valence-electron chi connectivity index (χ3n) is 3.01. The molecule has 0 bridgehead atoms. The van der Waals surface area contributed by atoms with Gasteiger partial charge in [0.2, 0.25) is 0 Å². The van der Waals surface area contributed by atoms with Crippen LogP contribution < -0.4 is 15.2 Å². The van der Waals surface area contributed by atoms with Gasteiger partial charge in [-0.1, -0.05) is 6.92 Å². The van der Waals surface area contributed by atoms with Gasteiger partial charge in [0, 0.05) is 0 Å². The Bertz CT molecular complexity index is 382. The van der Waals surface area contributed by atoms with Gasteiger partial charge in [-0.3, -0.25) is 0 Å². The van der Waals surface area contributed by atoms with Crippen LogP contribution in [-0.4, -0.2) is 27.0 Å². The molecule has 3 nitrogen and oxygen atoms in total. The minimum Gasteiger partial charge on any atom is -0.496 e. The molecule has 0 aliphatic rings. The van der Waals surface area contributed by atoms with E-state index in [1.807, 2.05) is 12.3 Å². The van der Waals surface area contributed by atoms with Crippen molar-refractivity contribution in [3.8, 4) is 11.5 Å². The second-order valence-corrected chi connectivity index (χ2v) is 5.25. The molecule has 18 heavy (non-hydrogen) atoms. The molecule has 1 atom stereocenters. The van der Waals surface area contributed by atoms with Gasteiger partial charge in [-0.2, -0.15) is 0 Å². The van der Waals surface area contributed by atoms with E-state index in [0.717, 1.165) is 35.8 Å². The molecule has 0 amide bonds. The molecule has 0 spiro atoms. The first-order valence-corrected chi connectivity index (χ1v) is 7.37. The smallest absolute Gasteiger partial charge is 0.132 e. The fraction of sp³-hybridized carbons (Fsp3) is 0.571. The molecule has 0 saturated heterocycles. The Morgan fingerprint density at radius 3 is 2.39 bits per heavy atom. The third kappa shape index (κ3) is 3.82. The molecule has 1 rings (SSSR count). The normalized spacial score (nSPS) is 12.3. The largest absolute Gasteiger partial charge is 0.496 e. The topological polar surface area (TPSA) is 44.5 Å². The molecule has 4 heteroatoms. The zero-order chi connectivity index (χ0) is 13.5. The van der Waals surface area contributed by atoms with E-state index < -0.39 is 0 Å². The first kappa shape index (κ1) is 15.2. The van der Waals surface area contributed by atoms with Gasteiger partial charge in [0.05, 0.1) is 19.1 Å². The van der Waals surface area contributed by atoms with Gasteiger partial charge < -0.3 is 15.2 Å². The van der Waals surface area contributed by atoms with E-state index in [9.17, 15) is 0 Å². The molecular formula is C14H23NO2S. The maximum absolute atomic E-state index is 5.60. The minimum atomic E-state index is 0.550. The minimum absolute atomic E-state index is 0.550. The second-order valence-electron chi connectivity index (χ2n) is 4.41. The van der Waals surface area contributed by atoms with Crippen LogP contribution in [0.3, 0.4) is 0 Å². The number of ether oxygens (including phenoxy) is 2. The van der Waals surface area contributed by atoms with Gasteiger partial charge in [-0.05, 0) is 49.3 Å². The highest BCUT2D eigenvalue weighted by atomic mass is 32.2. The fourth-order valence-corrected chi connectivity index (χ4v) is 2.58. The number of hydrogen-bond acceptors (Lipinski definition) is 4. The van der Waals surface area contributed by atoms with Crippen LogP contribution in [0.15, 0.2) is 17.0 Å². The Labute approximate surface area is 114 Å². The van der Waals surface area contributed by atoms with Crippen molar-refractivity contribution >= 4 is 11.8 Å². The molecular weight excluding hydrogens is 246 g/mol. The van der Waals surface area contributed by atoms with Gasteiger partial charge in [-0.15, -0.1) is 11.8 Å². The number of thioether (sulfide) groups is 1. The van der Waals surface area contributed by atoms with Crippen LogP contribution in [0.2, 0.25) is 0 Å². The van der Waals surface area contributed by atoms with Gasteiger partial charge in [0.1, 0.15) is 11.5 Å². The molecule has 0 aliphatic carbocycles. The zero-order valence-electron chi connectivity index (χ0n) is 11.7. The molecule has 1 unspecified atom stereocenters. The maximum Gasteiger partial charge on any atom is 0.132 e. The summed E-state index contributed by atoms with van der Waals surface area (Å²) in [5.74, 6) is 2.40. The van der Waals surface area contributed by atoms with E-state index in [2.05, 4.69) is 13.0 Å². The Kier molecular flexibility index (Phi) is 6.36. The van der Waals surface area contributed by atoms with Crippen molar-refractivity contribution in [2.45, 2.75) is 24.7 Å². The first-order chi connectivity index (χ1) is 8.65. The second kappa shape index (κ2) is 7.54. The molecule has 0 aromatic heterocycles. The van der Waals surface area contributed by atoms with E-state index in [4.69, 9.17) is 15.2 Å². The lowest BCUT2D eigenvalue weighted by molar-refractivity contribution is 0.387. The predicted molar refractivity (Wildman–Crippen MR) is 77.9 cm³/mol. The lowest BCUT2D eigenvalue weighted by atomic mass is 9.97. The summed E-state index contributed by atoms with van der Waals surface area (Å²) < 4.78 is 10.9. The Balaban J connectivity index is 3.01. The highest BCUT2D eigenvalue weighted by Gasteiger charge is 2.13. The van der Waals surface area contributed by atoms with E-state index >= 15 is 0 Å². The summed E-state index contributed by atoms with van der Waals surface area (Å²) in [6.07, 6.45) is 4.02. The number of benzene rings is 1. The first-order valence-electron chi connectivity index (χ1n) is 6.15. The number of methoxy groups -OCH3 is 2. The lowest BCUT2D eigenvalue weighted by Gasteiger charge is -2.16. The van der Waals surface area contributed by atoms with Crippen molar-refractivity contribution < 1.29 is 9.47 Å². The molecule has 1 aromatic rings. The van der Waals surface area contributed by atoms with Gasteiger partial charge >= 0.3 is 0 Å². The average Bonchev–Trinajstić information content (AvgIpc) is 2.38. The molecule has 1 aromatic carbocycles. The SMILES string of the molecule is COc1cc(SC)c(OC)cc1CC(C)CCN. The molecule has 0 saturated carbocycles. The molecule has 0 aliphatic heterocycles. The van der Waals surface area contributed by atoms with Gasteiger partial charge in [0.15, 0.2) is 0 Å². The number of rotatable bonds is 7. The van der Waals surface area contributed by atoms with Crippen molar-refractivity contribution in [1.82, 2.24) is 0 Å². The summed E-state index contributed by atoms with van der Waals surface area (Å²) in [5, 5.41) is 0. The van der Waals surface area contributed by atoms with E-state index in [-0.39, 0.29) is 0 Å². The van der Waals surface area contributed by atoms with Crippen molar-refractivity contribution in [1.29, 1.82) is 0 Å². The molecule has 2 N–H and O–H groups in total. The summed E-state index contributed by atoms with van der Waals surface area (Å²) >= 11 is 1.66. The van der Waals surface area contributed by atoms with Crippen molar-refractivity contribution in [3.05, 3.63) is 17.7 Å². The van der Waals surface area contributed by atoms with Crippen LogP contribution >= 0.6 is 11.8 Å². The van der Waals surface area contributed by atoms with Crippen LogP contribution in [0.1, 0.15) is 18.9 Å². The van der Waals surface area contributed by atoms with Gasteiger partial charge in [-0.25, -0.2) is 0 Å². The molecule has 0 fully saturated rings. The number of hydrogen-bond donors (Lipinski definition) is 1. The predicted octanol–water partition coefficient (Wildman–Crippen LogP) is 2.95. The van der Waals surface area contributed by atoms with Crippen LogP contribution in [-0.2, 0) is 6.42 Å². The van der Waals surface area contributed by atoms with Crippen molar-refractivity contribution in [3.63, 3.8) is 0 Å². The number of nitrogens with two attached hydrogens (primary N) is 1. The summed E-state index contributed by atoms with van der Waals surface area (Å²) in [6.45, 7) is 2.94. The van der Waals surface area contributed by atoms with Crippen LogP contribution in [0.25, 0.3) is 0 Å². The average molecular weight is 269 g/mol. The van der Waals surface area contributed by atoms with E-state index in [1.165, 1.54) is 5.56 Å². The highest BCUT2D eigenvalue weighted by molar-refractivity contribution is 7.98. The van der Waals surface area contributed by atoms with Crippen LogP contribution in [0.5, 0.6) is 11.5 Å².